The molecule has 0 aliphatic heterocycles. The van der Waals surface area contributed by atoms with Crippen LogP contribution in [0.5, 0.6) is 0 Å². The van der Waals surface area contributed by atoms with Gasteiger partial charge in [-0.3, -0.25) is 20.4 Å². The van der Waals surface area contributed by atoms with Crippen molar-refractivity contribution in [3.63, 3.8) is 0 Å². The Hall–Kier alpha value is -3.17. The van der Waals surface area contributed by atoms with Gasteiger partial charge in [0.15, 0.2) is 0 Å². The number of hydrazine groups is 1. The van der Waals surface area contributed by atoms with E-state index in [0.717, 1.165) is 15.1 Å². The van der Waals surface area contributed by atoms with E-state index in [9.17, 15) is 18.0 Å². The molecule has 3 aromatic rings. The first-order chi connectivity index (χ1) is 13.3. The number of hydrogen-bond donors (Lipinski definition) is 2. The highest BCUT2D eigenvalue weighted by molar-refractivity contribution is 7.89. The van der Waals surface area contributed by atoms with Gasteiger partial charge >= 0.3 is 0 Å². The number of amides is 2. The van der Waals surface area contributed by atoms with E-state index in [2.05, 4.69) is 10.9 Å². The molecule has 0 bridgehead atoms. The van der Waals surface area contributed by atoms with E-state index in [0.29, 0.717) is 5.76 Å². The number of carbonyl (C=O) groups is 2. The fourth-order valence-electron chi connectivity index (χ4n) is 2.65. The van der Waals surface area contributed by atoms with E-state index in [1.807, 2.05) is 24.3 Å². The maximum Gasteiger partial charge on any atom is 0.273 e. The van der Waals surface area contributed by atoms with E-state index in [1.54, 1.807) is 19.1 Å². The van der Waals surface area contributed by atoms with Crippen LogP contribution in [0.2, 0.25) is 0 Å². The fraction of sp³-hybridized carbons (Fsp3) is 0.158. The Morgan fingerprint density at radius 1 is 1.04 bits per heavy atom. The molecule has 0 unspecified atom stereocenters. The van der Waals surface area contributed by atoms with Crippen LogP contribution in [0.15, 0.2) is 64.1 Å². The van der Waals surface area contributed by atoms with Crippen molar-refractivity contribution in [1.29, 1.82) is 0 Å². The average Bonchev–Trinajstić information content (AvgIpc) is 3.11. The molecule has 0 radical (unpaired) electrons. The summed E-state index contributed by atoms with van der Waals surface area (Å²) in [5.74, 6) is -0.830. The molecule has 0 spiro atoms. The zero-order valence-corrected chi connectivity index (χ0v) is 16.1. The monoisotopic (exact) mass is 401 g/mol. The number of hydrogen-bond acceptors (Lipinski definition) is 5. The van der Waals surface area contributed by atoms with Gasteiger partial charge in [-0.05, 0) is 35.9 Å². The van der Waals surface area contributed by atoms with Crippen LogP contribution in [-0.4, -0.2) is 38.1 Å². The number of furan rings is 1. The lowest BCUT2D eigenvalue weighted by Gasteiger charge is -2.17. The van der Waals surface area contributed by atoms with Gasteiger partial charge in [-0.1, -0.05) is 30.3 Å². The van der Waals surface area contributed by atoms with E-state index in [4.69, 9.17) is 4.42 Å². The second-order valence-electron chi connectivity index (χ2n) is 6.16. The van der Waals surface area contributed by atoms with Gasteiger partial charge in [0.1, 0.15) is 5.76 Å². The second-order valence-corrected chi connectivity index (χ2v) is 8.21. The number of fused-ring (bicyclic) bond motifs is 1. The highest BCUT2D eigenvalue weighted by Gasteiger charge is 2.23. The quantitative estimate of drug-likeness (QED) is 0.634. The third kappa shape index (κ3) is 4.05. The Kier molecular flexibility index (Phi) is 5.48. The lowest BCUT2D eigenvalue weighted by molar-refractivity contribution is -0.121. The topological polar surface area (TPSA) is 109 Å². The van der Waals surface area contributed by atoms with Gasteiger partial charge in [0.05, 0.1) is 23.3 Å². The number of rotatable bonds is 5. The number of sulfonamides is 1. The van der Waals surface area contributed by atoms with Crippen molar-refractivity contribution in [2.45, 2.75) is 11.8 Å². The van der Waals surface area contributed by atoms with Crippen molar-refractivity contribution >= 4 is 32.6 Å². The van der Waals surface area contributed by atoms with Crippen LogP contribution < -0.4 is 10.9 Å². The van der Waals surface area contributed by atoms with Gasteiger partial charge in [-0.25, -0.2) is 8.42 Å². The number of nitrogens with one attached hydrogen (secondary N) is 2. The van der Waals surface area contributed by atoms with Crippen LogP contribution in [0, 0.1) is 6.92 Å². The molecular formula is C19H19N3O5S. The summed E-state index contributed by atoms with van der Waals surface area (Å²) < 4.78 is 31.4. The fourth-order valence-corrected chi connectivity index (χ4v) is 3.81. The number of nitrogens with zero attached hydrogens (tertiary/aromatic N) is 1. The first kappa shape index (κ1) is 19.6. The maximum absolute atomic E-state index is 12.7. The van der Waals surface area contributed by atoms with Gasteiger partial charge in [-0.2, -0.15) is 4.31 Å². The molecule has 2 amide bonds. The molecule has 9 heteroatoms. The Bertz CT molecular complexity index is 1140. The predicted molar refractivity (Wildman–Crippen MR) is 103 cm³/mol. The van der Waals surface area contributed by atoms with Crippen LogP contribution in [0.1, 0.15) is 16.1 Å². The molecule has 0 atom stereocenters. The molecule has 8 nitrogen and oxygen atoms in total. The number of likely N-dealkylation sites (N-methyl/N-ethyl adjacent to an activating group) is 1. The van der Waals surface area contributed by atoms with Gasteiger partial charge < -0.3 is 4.42 Å². The van der Waals surface area contributed by atoms with Gasteiger partial charge in [0.25, 0.3) is 11.8 Å². The lowest BCUT2D eigenvalue weighted by Crippen LogP contribution is -2.46. The molecule has 3 rings (SSSR count). The number of benzene rings is 2. The third-order valence-electron chi connectivity index (χ3n) is 4.21. The Morgan fingerprint density at radius 2 is 1.75 bits per heavy atom. The zero-order chi connectivity index (χ0) is 20.3. The molecule has 2 aromatic carbocycles. The maximum atomic E-state index is 12.7. The minimum Gasteiger partial charge on any atom is -0.469 e. The molecule has 0 aliphatic rings. The lowest BCUT2D eigenvalue weighted by atomic mass is 10.1. The van der Waals surface area contributed by atoms with E-state index in [1.165, 1.54) is 25.4 Å². The highest BCUT2D eigenvalue weighted by atomic mass is 32.2. The van der Waals surface area contributed by atoms with E-state index in [-0.39, 0.29) is 10.5 Å². The average molecular weight is 401 g/mol. The summed E-state index contributed by atoms with van der Waals surface area (Å²) in [6.07, 6.45) is 1.36. The van der Waals surface area contributed by atoms with Gasteiger partial charge in [-0.15, -0.1) is 0 Å². The van der Waals surface area contributed by atoms with Crippen LogP contribution in [0.25, 0.3) is 10.8 Å². The molecule has 0 fully saturated rings. The first-order valence-electron chi connectivity index (χ1n) is 8.37. The summed E-state index contributed by atoms with van der Waals surface area (Å²) in [7, 11) is -2.57. The van der Waals surface area contributed by atoms with Gasteiger partial charge in [0.2, 0.25) is 10.0 Å². The van der Waals surface area contributed by atoms with Crippen molar-refractivity contribution in [3.8, 4) is 0 Å². The standard InChI is InChI=1S/C19H19N3O5S/c1-13-17(9-10-27-13)19(24)21-20-18(23)12-22(2)28(25,26)16-8-7-14-5-3-4-6-15(14)11-16/h3-11H,12H2,1-2H3,(H,20,23)(H,21,24). The van der Waals surface area contributed by atoms with Crippen molar-refractivity contribution in [2.75, 3.05) is 13.6 Å². The van der Waals surface area contributed by atoms with Crippen molar-refractivity contribution in [1.82, 2.24) is 15.2 Å². The predicted octanol–water partition coefficient (Wildman–Crippen LogP) is 1.82. The molecule has 0 saturated heterocycles. The Morgan fingerprint density at radius 3 is 2.43 bits per heavy atom. The van der Waals surface area contributed by atoms with Crippen LogP contribution >= 0.6 is 0 Å². The number of aryl methyl sites for hydroxylation is 1. The summed E-state index contributed by atoms with van der Waals surface area (Å²) in [4.78, 5) is 24.1. The van der Waals surface area contributed by atoms with Crippen molar-refractivity contribution in [3.05, 3.63) is 66.1 Å². The molecule has 0 aliphatic carbocycles. The summed E-state index contributed by atoms with van der Waals surface area (Å²) in [6, 6.07) is 13.6. The largest absolute Gasteiger partial charge is 0.469 e. The summed E-state index contributed by atoms with van der Waals surface area (Å²) in [6.45, 7) is 1.15. The SMILES string of the molecule is Cc1occc1C(=O)NNC(=O)CN(C)S(=O)(=O)c1ccc2ccccc2c1. The number of carbonyl (C=O) groups excluding carboxylic acids is 2. The molecule has 2 N–H and O–H groups in total. The van der Waals surface area contributed by atoms with Crippen molar-refractivity contribution < 1.29 is 22.4 Å². The Balaban J connectivity index is 1.65. The van der Waals surface area contributed by atoms with Crippen LogP contribution in [-0.2, 0) is 14.8 Å². The highest BCUT2D eigenvalue weighted by Crippen LogP contribution is 2.21. The summed E-state index contributed by atoms with van der Waals surface area (Å²) in [5, 5.41) is 1.70. The molecule has 1 aromatic heterocycles. The minimum atomic E-state index is -3.87. The second kappa shape index (κ2) is 7.83. The van der Waals surface area contributed by atoms with Crippen LogP contribution in [0.4, 0.5) is 0 Å². The molecule has 0 saturated carbocycles. The molecule has 146 valence electrons. The Labute approximate surface area is 162 Å². The summed E-state index contributed by atoms with van der Waals surface area (Å²) in [5.41, 5.74) is 4.70. The minimum absolute atomic E-state index is 0.0829. The smallest absolute Gasteiger partial charge is 0.273 e. The molecule has 28 heavy (non-hydrogen) atoms. The molecular weight excluding hydrogens is 382 g/mol. The third-order valence-corrected chi connectivity index (χ3v) is 6.01. The van der Waals surface area contributed by atoms with Crippen molar-refractivity contribution in [2.24, 2.45) is 0 Å². The van der Waals surface area contributed by atoms with E-state index >= 15 is 0 Å². The van der Waals surface area contributed by atoms with Crippen LogP contribution in [0.3, 0.4) is 0 Å². The summed E-state index contributed by atoms with van der Waals surface area (Å²) >= 11 is 0. The van der Waals surface area contributed by atoms with E-state index < -0.39 is 28.4 Å². The first-order valence-corrected chi connectivity index (χ1v) is 9.81. The normalized spacial score (nSPS) is 11.5. The van der Waals surface area contributed by atoms with Gasteiger partial charge in [0, 0.05) is 7.05 Å². The molecule has 1 heterocycles. The zero-order valence-electron chi connectivity index (χ0n) is 15.3.